The zero-order valence-electron chi connectivity index (χ0n) is 14.6. The number of hydrogen-bond acceptors (Lipinski definition) is 2. The maximum absolute atomic E-state index is 5.25. The van der Waals surface area contributed by atoms with Gasteiger partial charge in [-0.15, -0.1) is 0 Å². The summed E-state index contributed by atoms with van der Waals surface area (Å²) < 4.78 is 0.918. The minimum Gasteiger partial charge on any atom is -0.0950 e. The Labute approximate surface area is 155 Å². The number of hydrogen-bond donors (Lipinski definition) is 0. The first-order valence-corrected chi connectivity index (χ1v) is 9.37. The van der Waals surface area contributed by atoms with Crippen LogP contribution in [0.4, 0.5) is 0 Å². The molecule has 0 fully saturated rings. The summed E-state index contributed by atoms with van der Waals surface area (Å²) in [6, 6.07) is 17.4. The quantitative estimate of drug-likeness (QED) is 0.415. The molecule has 0 saturated carbocycles. The highest BCUT2D eigenvalue weighted by atomic mass is 32.2. The lowest BCUT2D eigenvalue weighted by molar-refractivity contribution is 0.956. The molecule has 24 heavy (non-hydrogen) atoms. The van der Waals surface area contributed by atoms with Crippen LogP contribution in [0.2, 0.25) is 0 Å². The van der Waals surface area contributed by atoms with E-state index < -0.39 is 0 Å². The summed E-state index contributed by atoms with van der Waals surface area (Å²) in [5, 5.41) is 0. The van der Waals surface area contributed by atoms with Gasteiger partial charge in [0.1, 0.15) is 0 Å². The Morgan fingerprint density at radius 3 is 2.33 bits per heavy atom. The number of thiocarbonyl (C=S) groups is 1. The zero-order chi connectivity index (χ0) is 17.5. The maximum atomic E-state index is 5.25. The lowest BCUT2D eigenvalue weighted by atomic mass is 9.99. The molecule has 0 aromatic heterocycles. The largest absolute Gasteiger partial charge is 0.0950 e. The van der Waals surface area contributed by atoms with Crippen LogP contribution in [0.25, 0.3) is 6.08 Å². The minimum absolute atomic E-state index is 0.918. The normalized spacial score (nSPS) is 11.4. The molecule has 0 N–H and O–H groups in total. The predicted molar refractivity (Wildman–Crippen MR) is 114 cm³/mol. The first kappa shape index (κ1) is 18.7. The Balaban J connectivity index is 2.21. The van der Waals surface area contributed by atoms with E-state index in [9.17, 15) is 0 Å². The van der Waals surface area contributed by atoms with Crippen molar-refractivity contribution >= 4 is 34.3 Å². The summed E-state index contributed by atoms with van der Waals surface area (Å²) in [7, 11) is 0. The molecule has 2 aromatic rings. The van der Waals surface area contributed by atoms with Gasteiger partial charge in [-0.3, -0.25) is 0 Å². The van der Waals surface area contributed by atoms with Crippen LogP contribution >= 0.6 is 24.0 Å². The molecule has 0 saturated heterocycles. The van der Waals surface area contributed by atoms with Gasteiger partial charge in [0.25, 0.3) is 0 Å². The third-order valence-corrected chi connectivity index (χ3v) is 5.04. The molecule has 0 radical (unpaired) electrons. The van der Waals surface area contributed by atoms with Gasteiger partial charge in [-0.1, -0.05) is 84.7 Å². The standard InChI is InChI=1S/C22H24S2/c1-16(2)22(24-18(4)23)15-21-8-6-5-7-20(21)14-13-19-11-9-17(3)10-12-19/h5-12,15H,1,13-14H2,2-4H3/b22-15-. The molecule has 2 heteroatoms. The molecule has 0 amide bonds. The van der Waals surface area contributed by atoms with Gasteiger partial charge in [0.15, 0.2) is 0 Å². The molecule has 0 bridgehead atoms. The van der Waals surface area contributed by atoms with E-state index in [1.165, 1.54) is 22.3 Å². The van der Waals surface area contributed by atoms with Gasteiger partial charge >= 0.3 is 0 Å². The van der Waals surface area contributed by atoms with Gasteiger partial charge in [0.05, 0.1) is 0 Å². The Bertz CT molecular complexity index is 752. The van der Waals surface area contributed by atoms with Crippen molar-refractivity contribution in [2.45, 2.75) is 33.6 Å². The zero-order valence-corrected chi connectivity index (χ0v) is 16.3. The molecule has 0 spiro atoms. The highest BCUT2D eigenvalue weighted by Crippen LogP contribution is 2.28. The molecule has 0 aliphatic rings. The summed E-state index contributed by atoms with van der Waals surface area (Å²) >= 11 is 6.87. The molecule has 0 aliphatic carbocycles. The van der Waals surface area contributed by atoms with Gasteiger partial charge in [-0.2, -0.15) is 0 Å². The molecule has 0 aliphatic heterocycles. The number of aryl methyl sites for hydroxylation is 3. The van der Waals surface area contributed by atoms with Gasteiger partial charge in [0.2, 0.25) is 0 Å². The van der Waals surface area contributed by atoms with Crippen molar-refractivity contribution in [2.75, 3.05) is 0 Å². The first-order chi connectivity index (χ1) is 11.5. The van der Waals surface area contributed by atoms with Crippen molar-refractivity contribution in [3.63, 3.8) is 0 Å². The Kier molecular flexibility index (Phi) is 7.01. The van der Waals surface area contributed by atoms with Gasteiger partial charge in [-0.05, 0) is 62.0 Å². The molecular weight excluding hydrogens is 328 g/mol. The average Bonchev–Trinajstić information content (AvgIpc) is 2.54. The van der Waals surface area contributed by atoms with Crippen LogP contribution in [0.3, 0.4) is 0 Å². The Morgan fingerprint density at radius 1 is 1.04 bits per heavy atom. The van der Waals surface area contributed by atoms with Gasteiger partial charge in [-0.25, -0.2) is 0 Å². The van der Waals surface area contributed by atoms with Crippen LogP contribution in [-0.2, 0) is 12.8 Å². The highest BCUT2D eigenvalue weighted by Gasteiger charge is 2.05. The van der Waals surface area contributed by atoms with Crippen molar-refractivity contribution in [3.05, 3.63) is 87.8 Å². The fourth-order valence-corrected chi connectivity index (χ4v) is 3.41. The van der Waals surface area contributed by atoms with Crippen molar-refractivity contribution in [2.24, 2.45) is 0 Å². The van der Waals surface area contributed by atoms with Crippen LogP contribution in [0.15, 0.2) is 65.6 Å². The molecule has 0 unspecified atom stereocenters. The van der Waals surface area contributed by atoms with Crippen molar-refractivity contribution in [3.8, 4) is 0 Å². The van der Waals surface area contributed by atoms with Crippen LogP contribution in [-0.4, -0.2) is 4.20 Å². The average molecular weight is 353 g/mol. The fourth-order valence-electron chi connectivity index (χ4n) is 2.47. The van der Waals surface area contributed by atoms with Crippen molar-refractivity contribution in [1.29, 1.82) is 0 Å². The van der Waals surface area contributed by atoms with Crippen LogP contribution in [0.1, 0.15) is 36.1 Å². The summed E-state index contributed by atoms with van der Waals surface area (Å²) in [5.41, 5.74) is 6.35. The molecule has 2 aromatic carbocycles. The number of allylic oxidation sites excluding steroid dienone is 1. The first-order valence-electron chi connectivity index (χ1n) is 8.15. The van der Waals surface area contributed by atoms with E-state index in [4.69, 9.17) is 12.2 Å². The molecule has 0 heterocycles. The van der Waals surface area contributed by atoms with Crippen LogP contribution in [0.5, 0.6) is 0 Å². The third kappa shape index (κ3) is 5.77. The lowest BCUT2D eigenvalue weighted by Gasteiger charge is -2.10. The molecule has 2 rings (SSSR count). The fraction of sp³-hybridized carbons (Fsp3) is 0.227. The van der Waals surface area contributed by atoms with Crippen LogP contribution in [0, 0.1) is 6.92 Å². The molecule has 124 valence electrons. The monoisotopic (exact) mass is 352 g/mol. The molecule has 0 atom stereocenters. The van der Waals surface area contributed by atoms with Gasteiger partial charge < -0.3 is 0 Å². The van der Waals surface area contributed by atoms with E-state index in [1.807, 2.05) is 13.8 Å². The van der Waals surface area contributed by atoms with Crippen molar-refractivity contribution in [1.82, 2.24) is 0 Å². The minimum atomic E-state index is 0.918. The van der Waals surface area contributed by atoms with Crippen molar-refractivity contribution < 1.29 is 0 Å². The lowest BCUT2D eigenvalue weighted by Crippen LogP contribution is -1.95. The number of rotatable bonds is 6. The molecular formula is C22H24S2. The maximum Gasteiger partial charge on any atom is 0.0496 e. The van der Waals surface area contributed by atoms with E-state index in [0.717, 1.165) is 27.5 Å². The van der Waals surface area contributed by atoms with Crippen LogP contribution < -0.4 is 0 Å². The second-order valence-corrected chi connectivity index (χ2v) is 8.19. The van der Waals surface area contributed by atoms with E-state index in [0.29, 0.717) is 0 Å². The number of thioether (sulfide) groups is 1. The summed E-state index contributed by atoms with van der Waals surface area (Å²) in [6.45, 7) is 10.2. The number of benzene rings is 2. The Hall–Kier alpha value is -1.64. The summed E-state index contributed by atoms with van der Waals surface area (Å²) in [5.74, 6) is 0. The Morgan fingerprint density at radius 2 is 1.71 bits per heavy atom. The topological polar surface area (TPSA) is 0 Å². The SMILES string of the molecule is C=C(C)/C(=C/c1ccccc1CCc1ccc(C)cc1)SC(C)=S. The summed E-state index contributed by atoms with van der Waals surface area (Å²) in [6.07, 6.45) is 4.29. The second kappa shape index (κ2) is 9.00. The van der Waals surface area contributed by atoms with E-state index in [2.05, 4.69) is 68.1 Å². The van der Waals surface area contributed by atoms with E-state index >= 15 is 0 Å². The molecule has 0 nitrogen and oxygen atoms in total. The van der Waals surface area contributed by atoms with E-state index in [1.54, 1.807) is 11.8 Å². The second-order valence-electron chi connectivity index (χ2n) is 6.07. The summed E-state index contributed by atoms with van der Waals surface area (Å²) in [4.78, 5) is 1.14. The third-order valence-electron chi connectivity index (χ3n) is 3.82. The highest BCUT2D eigenvalue weighted by molar-refractivity contribution is 8.25. The smallest absolute Gasteiger partial charge is 0.0496 e. The van der Waals surface area contributed by atoms with E-state index in [-0.39, 0.29) is 0 Å². The van der Waals surface area contributed by atoms with Gasteiger partial charge in [0, 0.05) is 9.10 Å². The predicted octanol–water partition coefficient (Wildman–Crippen LogP) is 6.78.